The second-order valence-electron chi connectivity index (χ2n) is 7.63. The number of amides is 1. The smallest absolute Gasteiger partial charge is 0.270 e. The molecule has 32 heavy (non-hydrogen) atoms. The van der Waals surface area contributed by atoms with Gasteiger partial charge in [-0.05, 0) is 66.9 Å². The third-order valence-electron chi connectivity index (χ3n) is 5.32. The van der Waals surface area contributed by atoms with E-state index in [1.165, 1.54) is 0 Å². The lowest BCUT2D eigenvalue weighted by Crippen LogP contribution is -2.24. The Hall–Kier alpha value is -4.31. The van der Waals surface area contributed by atoms with Crippen molar-refractivity contribution in [2.24, 2.45) is 0 Å². The zero-order chi connectivity index (χ0) is 22.7. The summed E-state index contributed by atoms with van der Waals surface area (Å²) in [7, 11) is 0. The number of fused-ring (bicyclic) bond motifs is 1. The van der Waals surface area contributed by atoms with E-state index in [0.717, 1.165) is 39.0 Å². The quantitative estimate of drug-likeness (QED) is 0.468. The number of aromatic nitrogens is 3. The highest BCUT2D eigenvalue weighted by Crippen LogP contribution is 2.20. The molecule has 0 aliphatic carbocycles. The maximum Gasteiger partial charge on any atom is 0.270 e. The molecule has 4 rings (SSSR count). The molecule has 0 saturated carbocycles. The van der Waals surface area contributed by atoms with Crippen molar-refractivity contribution >= 4 is 28.4 Å². The van der Waals surface area contributed by atoms with E-state index in [0.29, 0.717) is 30.2 Å². The molecule has 7 nitrogen and oxygen atoms in total. The van der Waals surface area contributed by atoms with Gasteiger partial charge in [0.15, 0.2) is 5.52 Å². The summed E-state index contributed by atoms with van der Waals surface area (Å²) in [6.07, 6.45) is 2.23. The lowest BCUT2D eigenvalue weighted by Gasteiger charge is -2.12. The van der Waals surface area contributed by atoms with E-state index >= 15 is 0 Å². The Kier molecular flexibility index (Phi) is 5.77. The summed E-state index contributed by atoms with van der Waals surface area (Å²) in [6.45, 7) is 11.3. The van der Waals surface area contributed by atoms with E-state index in [4.69, 9.17) is 12.3 Å². The van der Waals surface area contributed by atoms with Gasteiger partial charge in [-0.25, -0.2) is 4.98 Å². The lowest BCUT2D eigenvalue weighted by atomic mass is 10.0. The van der Waals surface area contributed by atoms with E-state index in [2.05, 4.69) is 25.1 Å². The van der Waals surface area contributed by atoms with Gasteiger partial charge in [-0.3, -0.25) is 9.78 Å². The molecule has 0 fully saturated rings. The number of hydrogen-bond donors (Lipinski definition) is 2. The van der Waals surface area contributed by atoms with Crippen LogP contribution in [0.5, 0.6) is 0 Å². The van der Waals surface area contributed by atoms with Gasteiger partial charge in [0.05, 0.1) is 0 Å². The number of hydrogen-bond acceptors (Lipinski definition) is 5. The Bertz CT molecular complexity index is 1350. The van der Waals surface area contributed by atoms with Crippen LogP contribution in [-0.4, -0.2) is 20.9 Å². The summed E-state index contributed by atoms with van der Waals surface area (Å²) >= 11 is 0. The summed E-state index contributed by atoms with van der Waals surface area (Å²) < 4.78 is 0. The number of nitrogens with zero attached hydrogens (tertiary/aromatic N) is 4. The minimum atomic E-state index is -0.168. The van der Waals surface area contributed by atoms with Crippen LogP contribution in [0.1, 0.15) is 38.4 Å². The Balaban J connectivity index is 1.48. The fourth-order valence-corrected chi connectivity index (χ4v) is 3.69. The number of pyridine rings is 3. The summed E-state index contributed by atoms with van der Waals surface area (Å²) in [6, 6.07) is 14.8. The van der Waals surface area contributed by atoms with E-state index in [1.54, 1.807) is 30.5 Å². The van der Waals surface area contributed by atoms with Crippen LogP contribution in [0.25, 0.3) is 15.7 Å². The molecule has 3 heterocycles. The van der Waals surface area contributed by atoms with Crippen molar-refractivity contribution in [2.75, 3.05) is 5.73 Å². The van der Waals surface area contributed by atoms with E-state index in [9.17, 15) is 4.79 Å². The average Bonchev–Trinajstić information content (AvgIpc) is 2.78. The molecule has 1 amide bonds. The fourth-order valence-electron chi connectivity index (χ4n) is 3.69. The SMILES string of the molecule is [C-]#[N+]c1ccc2cc(Cc3cc(C(=O)NCc4c(C)cc(N)nc4C)ccn3)ccc2n1. The zero-order valence-electron chi connectivity index (χ0n) is 17.9. The molecule has 4 aromatic rings. The fraction of sp³-hybridized carbons (Fsp3) is 0.160. The molecule has 0 unspecified atom stereocenters. The van der Waals surface area contributed by atoms with Crippen molar-refractivity contribution < 1.29 is 4.79 Å². The maximum absolute atomic E-state index is 12.7. The number of nitrogen functional groups attached to an aromatic ring is 1. The summed E-state index contributed by atoms with van der Waals surface area (Å²) in [4.78, 5) is 29.1. The highest BCUT2D eigenvalue weighted by Gasteiger charge is 2.11. The largest absolute Gasteiger partial charge is 0.384 e. The first-order valence-corrected chi connectivity index (χ1v) is 10.2. The van der Waals surface area contributed by atoms with Gasteiger partial charge in [0.2, 0.25) is 0 Å². The number of nitrogens with two attached hydrogens (primary N) is 1. The predicted octanol–water partition coefficient (Wildman–Crippen LogP) is 4.30. The highest BCUT2D eigenvalue weighted by atomic mass is 16.1. The van der Waals surface area contributed by atoms with Crippen molar-refractivity contribution in [3.05, 3.63) is 99.8 Å². The van der Waals surface area contributed by atoms with E-state index < -0.39 is 0 Å². The Morgan fingerprint density at radius 2 is 1.94 bits per heavy atom. The van der Waals surface area contributed by atoms with Crippen LogP contribution >= 0.6 is 0 Å². The molecule has 3 aromatic heterocycles. The molecule has 0 radical (unpaired) electrons. The number of carbonyl (C=O) groups excluding carboxylic acids is 1. The molecular weight excluding hydrogens is 400 g/mol. The number of rotatable bonds is 5. The van der Waals surface area contributed by atoms with Crippen LogP contribution in [0.15, 0.2) is 54.7 Å². The highest BCUT2D eigenvalue weighted by molar-refractivity contribution is 5.94. The second kappa shape index (κ2) is 8.82. The lowest BCUT2D eigenvalue weighted by molar-refractivity contribution is 0.0950. The van der Waals surface area contributed by atoms with Gasteiger partial charge >= 0.3 is 0 Å². The molecule has 0 bridgehead atoms. The Morgan fingerprint density at radius 1 is 1.09 bits per heavy atom. The summed E-state index contributed by atoms with van der Waals surface area (Å²) in [5.74, 6) is 0.689. The van der Waals surface area contributed by atoms with Gasteiger partial charge < -0.3 is 15.9 Å². The topological polar surface area (TPSA) is 98.2 Å². The van der Waals surface area contributed by atoms with Gasteiger partial charge in [0.1, 0.15) is 5.82 Å². The van der Waals surface area contributed by atoms with Crippen LogP contribution in [-0.2, 0) is 13.0 Å². The van der Waals surface area contributed by atoms with Gasteiger partial charge in [0.25, 0.3) is 11.7 Å². The van der Waals surface area contributed by atoms with Crippen molar-refractivity contribution in [1.29, 1.82) is 0 Å². The van der Waals surface area contributed by atoms with Gasteiger partial charge in [-0.2, -0.15) is 0 Å². The zero-order valence-corrected chi connectivity index (χ0v) is 17.9. The average molecular weight is 422 g/mol. The Morgan fingerprint density at radius 3 is 2.72 bits per heavy atom. The van der Waals surface area contributed by atoms with Crippen molar-refractivity contribution in [3.8, 4) is 0 Å². The summed E-state index contributed by atoms with van der Waals surface area (Å²) in [5, 5.41) is 3.93. The van der Waals surface area contributed by atoms with Crippen molar-refractivity contribution in [3.63, 3.8) is 0 Å². The maximum atomic E-state index is 12.7. The molecule has 7 heteroatoms. The molecule has 1 aromatic carbocycles. The summed E-state index contributed by atoms with van der Waals surface area (Å²) in [5.41, 5.74) is 11.7. The van der Waals surface area contributed by atoms with Crippen molar-refractivity contribution in [2.45, 2.75) is 26.8 Å². The molecule has 158 valence electrons. The molecule has 0 aliphatic rings. The first kappa shape index (κ1) is 20.9. The number of anilines is 1. The molecule has 0 aliphatic heterocycles. The third-order valence-corrected chi connectivity index (χ3v) is 5.32. The van der Waals surface area contributed by atoms with Crippen LogP contribution in [0.4, 0.5) is 11.6 Å². The van der Waals surface area contributed by atoms with Crippen LogP contribution in [0.3, 0.4) is 0 Å². The molecule has 3 N–H and O–H groups in total. The first-order chi connectivity index (χ1) is 15.4. The van der Waals surface area contributed by atoms with E-state index in [1.807, 2.05) is 38.1 Å². The molecular formula is C25H22N6O. The number of benzene rings is 1. The van der Waals surface area contributed by atoms with Crippen LogP contribution < -0.4 is 11.1 Å². The molecule has 0 saturated heterocycles. The molecule has 0 spiro atoms. The van der Waals surface area contributed by atoms with Gasteiger partial charge in [-0.15, -0.1) is 4.98 Å². The predicted molar refractivity (Wildman–Crippen MR) is 124 cm³/mol. The normalized spacial score (nSPS) is 10.7. The van der Waals surface area contributed by atoms with Crippen LogP contribution in [0, 0.1) is 20.4 Å². The van der Waals surface area contributed by atoms with Crippen molar-refractivity contribution in [1.82, 2.24) is 20.3 Å². The minimum Gasteiger partial charge on any atom is -0.384 e. The first-order valence-electron chi connectivity index (χ1n) is 10.2. The number of aryl methyl sites for hydroxylation is 2. The van der Waals surface area contributed by atoms with Crippen LogP contribution in [0.2, 0.25) is 0 Å². The minimum absolute atomic E-state index is 0.168. The van der Waals surface area contributed by atoms with E-state index in [-0.39, 0.29) is 5.91 Å². The third kappa shape index (κ3) is 4.55. The number of nitrogens with one attached hydrogen (secondary N) is 1. The number of carbonyl (C=O) groups is 1. The molecule has 0 atom stereocenters. The monoisotopic (exact) mass is 422 g/mol. The Labute approximate surface area is 186 Å². The van der Waals surface area contributed by atoms with Gasteiger partial charge in [-0.1, -0.05) is 18.7 Å². The second-order valence-corrected chi connectivity index (χ2v) is 7.63. The van der Waals surface area contributed by atoms with Gasteiger partial charge in [0, 0.05) is 41.5 Å². The standard InChI is InChI=1S/C25H22N6O/c1-15-10-23(26)30-16(2)21(15)14-29-25(32)19-8-9-28-20(13-19)12-17-4-6-22-18(11-17)5-7-24(27-3)31-22/h4-11,13H,12,14H2,1-2H3,(H2,26,30)(H,29,32).